The number of carbonyl (C=O) groups excluding carboxylic acids is 1. The Balaban J connectivity index is 1.75. The standard InChI is InChI=1S/C15H18BrF2NO2/c1-21-12-7-4-6-11(17)13(12)14(20)19-8-3-2-5-10-9-15(10,16)18/h4,6-7,10H,2-3,5,8-9H2,1H3,(H,19,20). The molecule has 0 heterocycles. The molecule has 1 aromatic carbocycles. The zero-order valence-electron chi connectivity index (χ0n) is 11.8. The van der Waals surface area contributed by atoms with E-state index in [4.69, 9.17) is 4.74 Å². The number of halogens is 3. The van der Waals surface area contributed by atoms with Crippen molar-refractivity contribution in [3.8, 4) is 5.75 Å². The summed E-state index contributed by atoms with van der Waals surface area (Å²) in [4.78, 5) is 12.0. The Labute approximate surface area is 131 Å². The lowest BCUT2D eigenvalue weighted by Crippen LogP contribution is -2.26. The second-order valence-electron chi connectivity index (χ2n) is 5.23. The number of ether oxygens (including phenoxy) is 1. The first-order valence-electron chi connectivity index (χ1n) is 6.94. The maximum Gasteiger partial charge on any atom is 0.258 e. The van der Waals surface area contributed by atoms with Crippen LogP contribution in [0.1, 0.15) is 36.0 Å². The third-order valence-corrected chi connectivity index (χ3v) is 4.61. The van der Waals surface area contributed by atoms with Crippen LogP contribution >= 0.6 is 15.9 Å². The average molecular weight is 362 g/mol. The molecule has 1 fully saturated rings. The number of alkyl halides is 2. The minimum absolute atomic E-state index is 0.0783. The molecule has 0 bridgehead atoms. The molecule has 21 heavy (non-hydrogen) atoms. The molecular formula is C15H18BrF2NO2. The summed E-state index contributed by atoms with van der Waals surface area (Å²) in [6, 6.07) is 4.26. The van der Waals surface area contributed by atoms with Crippen molar-refractivity contribution >= 4 is 21.8 Å². The molecule has 1 amide bonds. The molecule has 0 radical (unpaired) electrons. The van der Waals surface area contributed by atoms with Gasteiger partial charge >= 0.3 is 0 Å². The molecule has 1 aromatic rings. The number of methoxy groups -OCH3 is 1. The summed E-state index contributed by atoms with van der Waals surface area (Å²) < 4.78 is 30.7. The van der Waals surface area contributed by atoms with Crippen molar-refractivity contribution < 1.29 is 18.3 Å². The highest BCUT2D eigenvalue weighted by molar-refractivity contribution is 9.10. The highest BCUT2D eigenvalue weighted by Gasteiger charge is 2.52. The molecule has 2 rings (SSSR count). The van der Waals surface area contributed by atoms with Crippen molar-refractivity contribution in [2.45, 2.75) is 30.3 Å². The number of unbranched alkanes of at least 4 members (excludes halogenated alkanes) is 1. The van der Waals surface area contributed by atoms with Gasteiger partial charge in [-0.3, -0.25) is 4.79 Å². The van der Waals surface area contributed by atoms with Crippen molar-refractivity contribution in [3.05, 3.63) is 29.6 Å². The van der Waals surface area contributed by atoms with E-state index < -0.39 is 16.3 Å². The lowest BCUT2D eigenvalue weighted by atomic mass is 10.1. The molecule has 0 aliphatic heterocycles. The molecular weight excluding hydrogens is 344 g/mol. The number of rotatable bonds is 7. The number of carbonyl (C=O) groups is 1. The monoisotopic (exact) mass is 361 g/mol. The zero-order valence-corrected chi connectivity index (χ0v) is 13.4. The quantitative estimate of drug-likeness (QED) is 0.592. The SMILES string of the molecule is COc1cccc(F)c1C(=O)NCCCCC1CC1(F)Br. The predicted molar refractivity (Wildman–Crippen MR) is 80.0 cm³/mol. The lowest BCUT2D eigenvalue weighted by molar-refractivity contribution is 0.0945. The van der Waals surface area contributed by atoms with Gasteiger partial charge in [0.2, 0.25) is 0 Å². The Hall–Kier alpha value is -1.17. The zero-order chi connectivity index (χ0) is 15.5. The van der Waals surface area contributed by atoms with E-state index in [1.807, 2.05) is 0 Å². The molecule has 0 aromatic heterocycles. The van der Waals surface area contributed by atoms with E-state index in [1.165, 1.54) is 19.2 Å². The minimum atomic E-state index is -1.17. The maximum absolute atomic E-state index is 13.7. The fraction of sp³-hybridized carbons (Fsp3) is 0.533. The molecule has 1 N–H and O–H groups in total. The van der Waals surface area contributed by atoms with E-state index in [0.29, 0.717) is 13.0 Å². The third-order valence-electron chi connectivity index (χ3n) is 3.64. The molecule has 0 spiro atoms. The van der Waals surface area contributed by atoms with Gasteiger partial charge < -0.3 is 10.1 Å². The van der Waals surface area contributed by atoms with E-state index in [0.717, 1.165) is 19.3 Å². The molecule has 6 heteroatoms. The maximum atomic E-state index is 13.7. The molecule has 1 aliphatic rings. The Morgan fingerprint density at radius 1 is 1.52 bits per heavy atom. The first-order valence-corrected chi connectivity index (χ1v) is 7.73. The highest BCUT2D eigenvalue weighted by Crippen LogP contribution is 2.54. The number of hydrogen-bond acceptors (Lipinski definition) is 2. The van der Waals surface area contributed by atoms with Crippen LogP contribution in [0, 0.1) is 11.7 Å². The summed E-state index contributed by atoms with van der Waals surface area (Å²) in [6.45, 7) is 0.435. The summed E-state index contributed by atoms with van der Waals surface area (Å²) in [5.74, 6) is -0.796. The first-order chi connectivity index (χ1) is 9.95. The van der Waals surface area contributed by atoms with Crippen molar-refractivity contribution in [3.63, 3.8) is 0 Å². The van der Waals surface area contributed by atoms with Gasteiger partial charge in [-0.25, -0.2) is 8.78 Å². The predicted octanol–water partition coefficient (Wildman–Crippen LogP) is 3.82. The number of nitrogens with one attached hydrogen (secondary N) is 1. The Kier molecular flexibility index (Phi) is 5.19. The molecule has 3 nitrogen and oxygen atoms in total. The topological polar surface area (TPSA) is 38.3 Å². The van der Waals surface area contributed by atoms with E-state index in [2.05, 4.69) is 21.2 Å². The fourth-order valence-electron chi connectivity index (χ4n) is 2.28. The van der Waals surface area contributed by atoms with Gasteiger partial charge in [-0.2, -0.15) is 0 Å². The Bertz CT molecular complexity index is 522. The van der Waals surface area contributed by atoms with Crippen LogP contribution in [0.15, 0.2) is 18.2 Å². The van der Waals surface area contributed by atoms with E-state index in [-0.39, 0.29) is 17.2 Å². The largest absolute Gasteiger partial charge is 0.496 e. The van der Waals surface area contributed by atoms with Crippen LogP contribution in [0.5, 0.6) is 5.75 Å². The van der Waals surface area contributed by atoms with E-state index in [9.17, 15) is 13.6 Å². The number of hydrogen-bond donors (Lipinski definition) is 1. The van der Waals surface area contributed by atoms with E-state index in [1.54, 1.807) is 6.07 Å². The van der Waals surface area contributed by atoms with E-state index >= 15 is 0 Å². The summed E-state index contributed by atoms with van der Waals surface area (Å²) in [5.41, 5.74) is -0.0783. The van der Waals surface area contributed by atoms with Crippen LogP contribution in [-0.2, 0) is 0 Å². The molecule has 1 aliphatic carbocycles. The second-order valence-corrected chi connectivity index (χ2v) is 6.55. The number of benzene rings is 1. The van der Waals surface area contributed by atoms with Gasteiger partial charge in [0.15, 0.2) is 4.58 Å². The van der Waals surface area contributed by atoms with Gasteiger partial charge in [-0.1, -0.05) is 12.5 Å². The molecule has 1 saturated carbocycles. The molecule has 2 unspecified atom stereocenters. The third kappa shape index (κ3) is 4.15. The fourth-order valence-corrected chi connectivity index (χ4v) is 2.90. The van der Waals surface area contributed by atoms with Crippen molar-refractivity contribution in [1.29, 1.82) is 0 Å². The van der Waals surface area contributed by atoms with Crippen molar-refractivity contribution in [1.82, 2.24) is 5.32 Å². The van der Waals surface area contributed by atoms with Crippen LogP contribution in [0.3, 0.4) is 0 Å². The summed E-state index contributed by atoms with van der Waals surface area (Å²) >= 11 is 3.01. The van der Waals surface area contributed by atoms with Gasteiger partial charge in [-0.15, -0.1) is 0 Å². The van der Waals surface area contributed by atoms with Gasteiger partial charge in [0.25, 0.3) is 5.91 Å². The van der Waals surface area contributed by atoms with Gasteiger partial charge in [0.05, 0.1) is 7.11 Å². The summed E-state index contributed by atoms with van der Waals surface area (Å²) in [7, 11) is 1.39. The normalized spacial score (nSPS) is 23.7. The Morgan fingerprint density at radius 2 is 2.24 bits per heavy atom. The van der Waals surface area contributed by atoms with Crippen LogP contribution in [0.4, 0.5) is 8.78 Å². The molecule has 116 valence electrons. The highest BCUT2D eigenvalue weighted by atomic mass is 79.9. The van der Waals surface area contributed by atoms with Gasteiger partial charge in [0, 0.05) is 12.5 Å². The lowest BCUT2D eigenvalue weighted by Gasteiger charge is -2.10. The van der Waals surface area contributed by atoms with Gasteiger partial charge in [0.1, 0.15) is 17.1 Å². The average Bonchev–Trinajstić information content (AvgIpc) is 3.05. The summed E-state index contributed by atoms with van der Waals surface area (Å²) in [6.07, 6.45) is 2.92. The second kappa shape index (κ2) is 6.73. The smallest absolute Gasteiger partial charge is 0.258 e. The van der Waals surface area contributed by atoms with Crippen LogP contribution < -0.4 is 10.1 Å². The summed E-state index contributed by atoms with van der Waals surface area (Å²) in [5, 5.41) is 2.66. The Morgan fingerprint density at radius 3 is 2.86 bits per heavy atom. The van der Waals surface area contributed by atoms with Gasteiger partial charge in [-0.05, 0) is 47.3 Å². The number of amides is 1. The van der Waals surface area contributed by atoms with Crippen LogP contribution in [0.2, 0.25) is 0 Å². The molecule has 2 atom stereocenters. The first kappa shape index (κ1) is 16.2. The van der Waals surface area contributed by atoms with Crippen molar-refractivity contribution in [2.75, 3.05) is 13.7 Å². The van der Waals surface area contributed by atoms with Crippen LogP contribution in [-0.4, -0.2) is 24.1 Å². The minimum Gasteiger partial charge on any atom is -0.496 e. The van der Waals surface area contributed by atoms with Crippen molar-refractivity contribution in [2.24, 2.45) is 5.92 Å². The van der Waals surface area contributed by atoms with Crippen LogP contribution in [0.25, 0.3) is 0 Å². The molecule has 0 saturated heterocycles.